The molecule has 0 saturated heterocycles. The molecule has 0 saturated carbocycles. The van der Waals surface area contributed by atoms with Crippen molar-refractivity contribution in [1.29, 1.82) is 0 Å². The van der Waals surface area contributed by atoms with E-state index >= 15 is 0 Å². The molecule has 0 aliphatic heterocycles. The largest absolute Gasteiger partial charge is 0.324 e. The first kappa shape index (κ1) is 15.7. The smallest absolute Gasteiger partial charge is 0.229 e. The number of nitrogens with zero attached hydrogens (tertiary/aromatic N) is 2. The molecule has 0 unspecified atom stereocenters. The highest BCUT2D eigenvalue weighted by atomic mass is 79.9. The van der Waals surface area contributed by atoms with Gasteiger partial charge in [0.2, 0.25) is 5.91 Å². The van der Waals surface area contributed by atoms with Crippen molar-refractivity contribution in [3.05, 3.63) is 53.3 Å². The molecule has 0 aliphatic rings. The number of carbonyl (C=O) groups excluding carboxylic acids is 1. The molecule has 2 heterocycles. The van der Waals surface area contributed by atoms with Crippen LogP contribution in [0.25, 0.3) is 16.9 Å². The van der Waals surface area contributed by atoms with Gasteiger partial charge in [-0.25, -0.2) is 4.98 Å². The molecule has 118 valence electrons. The van der Waals surface area contributed by atoms with Gasteiger partial charge in [-0.2, -0.15) is 0 Å². The molecule has 2 aromatic heterocycles. The SMILES string of the molecule is CC(C)(C)C(=O)Nc1ccc2nc(-c3ccc(Br)cc3)cn2c1. The number of hydrogen-bond donors (Lipinski definition) is 1. The molecule has 1 N–H and O–H groups in total. The van der Waals surface area contributed by atoms with E-state index in [2.05, 4.69) is 26.2 Å². The van der Waals surface area contributed by atoms with Gasteiger partial charge in [-0.1, -0.05) is 48.8 Å². The van der Waals surface area contributed by atoms with Gasteiger partial charge in [0.25, 0.3) is 0 Å². The lowest BCUT2D eigenvalue weighted by molar-refractivity contribution is -0.123. The van der Waals surface area contributed by atoms with E-state index in [0.717, 1.165) is 27.1 Å². The van der Waals surface area contributed by atoms with Gasteiger partial charge in [0.1, 0.15) is 5.65 Å². The molecular weight excluding hydrogens is 354 g/mol. The Kier molecular flexibility index (Phi) is 3.98. The summed E-state index contributed by atoms with van der Waals surface area (Å²) in [5, 5.41) is 2.94. The minimum atomic E-state index is -0.424. The predicted molar refractivity (Wildman–Crippen MR) is 96.4 cm³/mol. The van der Waals surface area contributed by atoms with Gasteiger partial charge in [-0.05, 0) is 24.3 Å². The highest BCUT2D eigenvalue weighted by molar-refractivity contribution is 9.10. The summed E-state index contributed by atoms with van der Waals surface area (Å²) in [4.78, 5) is 16.7. The van der Waals surface area contributed by atoms with Crippen LogP contribution in [0.3, 0.4) is 0 Å². The van der Waals surface area contributed by atoms with Crippen LogP contribution in [-0.2, 0) is 4.79 Å². The van der Waals surface area contributed by atoms with Crippen molar-refractivity contribution < 1.29 is 4.79 Å². The molecule has 0 radical (unpaired) electrons. The molecule has 0 bridgehead atoms. The van der Waals surface area contributed by atoms with Gasteiger partial charge in [0.05, 0.1) is 11.4 Å². The van der Waals surface area contributed by atoms with E-state index in [9.17, 15) is 4.79 Å². The van der Waals surface area contributed by atoms with E-state index in [-0.39, 0.29) is 5.91 Å². The maximum absolute atomic E-state index is 12.1. The van der Waals surface area contributed by atoms with Crippen molar-refractivity contribution in [2.75, 3.05) is 5.32 Å². The number of amides is 1. The third-order valence-corrected chi connectivity index (χ3v) is 4.06. The number of hydrogen-bond acceptors (Lipinski definition) is 2. The summed E-state index contributed by atoms with van der Waals surface area (Å²) in [5.41, 5.74) is 3.13. The van der Waals surface area contributed by atoms with Crippen molar-refractivity contribution in [3.8, 4) is 11.3 Å². The van der Waals surface area contributed by atoms with Crippen LogP contribution in [0.2, 0.25) is 0 Å². The standard InChI is InChI=1S/C18H18BrN3O/c1-18(2,3)17(23)20-14-8-9-16-21-15(11-22(16)10-14)12-4-6-13(19)7-5-12/h4-11H,1-3H3,(H,20,23). The van der Waals surface area contributed by atoms with Gasteiger partial charge in [-0.3, -0.25) is 4.79 Å². The lowest BCUT2D eigenvalue weighted by Crippen LogP contribution is -2.27. The quantitative estimate of drug-likeness (QED) is 0.706. The number of pyridine rings is 1. The van der Waals surface area contributed by atoms with Crippen LogP contribution >= 0.6 is 15.9 Å². The van der Waals surface area contributed by atoms with Crippen molar-refractivity contribution in [2.24, 2.45) is 5.41 Å². The van der Waals surface area contributed by atoms with E-state index in [1.807, 2.05) is 74.0 Å². The fraction of sp³-hybridized carbons (Fsp3) is 0.222. The summed E-state index contributed by atoms with van der Waals surface area (Å²) in [6.45, 7) is 5.68. The second-order valence-electron chi connectivity index (χ2n) is 6.52. The monoisotopic (exact) mass is 371 g/mol. The number of fused-ring (bicyclic) bond motifs is 1. The van der Waals surface area contributed by atoms with Crippen LogP contribution < -0.4 is 5.32 Å². The first-order valence-electron chi connectivity index (χ1n) is 7.39. The van der Waals surface area contributed by atoms with Crippen LogP contribution in [0.4, 0.5) is 5.69 Å². The van der Waals surface area contributed by atoms with E-state index in [0.29, 0.717) is 0 Å². The second-order valence-corrected chi connectivity index (χ2v) is 7.44. The fourth-order valence-electron chi connectivity index (χ4n) is 2.14. The lowest BCUT2D eigenvalue weighted by Gasteiger charge is -2.17. The normalized spacial score (nSPS) is 11.7. The predicted octanol–water partition coefficient (Wildman–Crippen LogP) is 4.75. The zero-order valence-corrected chi connectivity index (χ0v) is 14.9. The molecule has 0 spiro atoms. The average Bonchev–Trinajstić information content (AvgIpc) is 2.90. The molecule has 0 atom stereocenters. The van der Waals surface area contributed by atoms with Crippen molar-refractivity contribution in [3.63, 3.8) is 0 Å². The number of anilines is 1. The van der Waals surface area contributed by atoms with Crippen molar-refractivity contribution in [1.82, 2.24) is 9.38 Å². The summed E-state index contributed by atoms with van der Waals surface area (Å²) in [6, 6.07) is 11.8. The molecule has 5 heteroatoms. The summed E-state index contributed by atoms with van der Waals surface area (Å²) in [6.07, 6.45) is 3.85. The van der Waals surface area contributed by atoms with Crippen molar-refractivity contribution in [2.45, 2.75) is 20.8 Å². The lowest BCUT2D eigenvalue weighted by atomic mass is 9.96. The van der Waals surface area contributed by atoms with Gasteiger partial charge in [0, 0.05) is 27.8 Å². The molecule has 4 nitrogen and oxygen atoms in total. The van der Waals surface area contributed by atoms with E-state index in [1.54, 1.807) is 0 Å². The summed E-state index contributed by atoms with van der Waals surface area (Å²) in [7, 11) is 0. The minimum Gasteiger partial charge on any atom is -0.324 e. The third kappa shape index (κ3) is 3.45. The van der Waals surface area contributed by atoms with Crippen LogP contribution in [0, 0.1) is 5.41 Å². The van der Waals surface area contributed by atoms with Gasteiger partial charge in [-0.15, -0.1) is 0 Å². The van der Waals surface area contributed by atoms with E-state index in [1.165, 1.54) is 0 Å². The maximum atomic E-state index is 12.1. The molecule has 23 heavy (non-hydrogen) atoms. The van der Waals surface area contributed by atoms with Gasteiger partial charge < -0.3 is 9.72 Å². The van der Waals surface area contributed by atoms with Gasteiger partial charge >= 0.3 is 0 Å². The number of aromatic nitrogens is 2. The summed E-state index contributed by atoms with van der Waals surface area (Å²) >= 11 is 3.44. The number of rotatable bonds is 2. The maximum Gasteiger partial charge on any atom is 0.229 e. The van der Waals surface area contributed by atoms with Crippen LogP contribution in [0.1, 0.15) is 20.8 Å². The Morgan fingerprint density at radius 2 is 1.78 bits per heavy atom. The Hall–Kier alpha value is -2.14. The Morgan fingerprint density at radius 3 is 2.43 bits per heavy atom. The Morgan fingerprint density at radius 1 is 1.09 bits per heavy atom. The Labute approximate surface area is 143 Å². The summed E-state index contributed by atoms with van der Waals surface area (Å²) < 4.78 is 2.97. The number of nitrogens with one attached hydrogen (secondary N) is 1. The van der Waals surface area contributed by atoms with E-state index in [4.69, 9.17) is 0 Å². The highest BCUT2D eigenvalue weighted by Gasteiger charge is 2.21. The van der Waals surface area contributed by atoms with Crippen LogP contribution in [0.15, 0.2) is 53.3 Å². The van der Waals surface area contributed by atoms with Crippen molar-refractivity contribution >= 4 is 33.2 Å². The molecule has 3 aromatic rings. The van der Waals surface area contributed by atoms with Crippen LogP contribution in [-0.4, -0.2) is 15.3 Å². The second kappa shape index (κ2) is 5.81. The molecule has 1 amide bonds. The first-order chi connectivity index (χ1) is 10.8. The Balaban J connectivity index is 1.92. The van der Waals surface area contributed by atoms with Crippen LogP contribution in [0.5, 0.6) is 0 Å². The first-order valence-corrected chi connectivity index (χ1v) is 8.18. The zero-order valence-electron chi connectivity index (χ0n) is 13.3. The molecule has 3 rings (SSSR count). The average molecular weight is 372 g/mol. The molecular formula is C18H18BrN3O. The number of imidazole rings is 1. The van der Waals surface area contributed by atoms with Gasteiger partial charge in [0.15, 0.2) is 0 Å². The topological polar surface area (TPSA) is 46.4 Å². The van der Waals surface area contributed by atoms with E-state index < -0.39 is 5.41 Å². The fourth-order valence-corrected chi connectivity index (χ4v) is 2.41. The minimum absolute atomic E-state index is 0.00917. The third-order valence-electron chi connectivity index (χ3n) is 3.53. The molecule has 0 fully saturated rings. The number of halogens is 1. The summed E-state index contributed by atoms with van der Waals surface area (Å²) in [5.74, 6) is -0.00917. The Bertz CT molecular complexity index is 860. The number of benzene rings is 1. The highest BCUT2D eigenvalue weighted by Crippen LogP contribution is 2.23. The number of carbonyl (C=O) groups is 1. The molecule has 1 aromatic carbocycles. The zero-order chi connectivity index (χ0) is 16.6. The molecule has 0 aliphatic carbocycles.